The van der Waals surface area contributed by atoms with Crippen LogP contribution in [0.5, 0.6) is 0 Å². The van der Waals surface area contributed by atoms with Crippen LogP contribution in [0.25, 0.3) is 22.8 Å². The zero-order chi connectivity index (χ0) is 17.1. The zero-order valence-corrected chi connectivity index (χ0v) is 15.1. The van der Waals surface area contributed by atoms with Gasteiger partial charge in [0.05, 0.1) is 0 Å². The molecule has 0 aliphatic rings. The number of halogens is 2. The minimum atomic E-state index is 0.0833. The Kier molecular flexibility index (Phi) is 4.89. The average molecular weight is 400 g/mol. The van der Waals surface area contributed by atoms with Gasteiger partial charge in [0.1, 0.15) is 6.07 Å². The molecule has 0 atom stereocenters. The summed E-state index contributed by atoms with van der Waals surface area (Å²) in [7, 11) is 0. The number of aryl methyl sites for hydroxylation is 1. The molecule has 0 bridgehead atoms. The lowest BCUT2D eigenvalue weighted by atomic mass is 10.0. The molecule has 24 heavy (non-hydrogen) atoms. The van der Waals surface area contributed by atoms with Gasteiger partial charge in [-0.1, -0.05) is 52.7 Å². The van der Waals surface area contributed by atoms with Crippen LogP contribution < -0.4 is 0 Å². The molecule has 1 aromatic heterocycles. The molecule has 3 rings (SSSR count). The van der Waals surface area contributed by atoms with E-state index < -0.39 is 0 Å². The fraction of sp³-hybridized carbons (Fsp3) is 0.111. The summed E-state index contributed by atoms with van der Waals surface area (Å²) in [5.41, 5.74) is 2.71. The second-order valence-corrected chi connectivity index (χ2v) is 6.43. The van der Waals surface area contributed by atoms with Gasteiger partial charge in [-0.2, -0.15) is 15.2 Å². The molecule has 3 aromatic rings. The SMILES string of the molecule is CCc1ccc(Cl)cc1-c1nc(C#N)nc(-c2ccc(Br)cc2)n1. The van der Waals surface area contributed by atoms with Crippen LogP contribution in [0, 0.1) is 11.3 Å². The summed E-state index contributed by atoms with van der Waals surface area (Å²) in [6.07, 6.45) is 0.813. The van der Waals surface area contributed by atoms with Crippen molar-refractivity contribution in [3.63, 3.8) is 0 Å². The van der Waals surface area contributed by atoms with Gasteiger partial charge < -0.3 is 0 Å². The minimum absolute atomic E-state index is 0.0833. The number of hydrogen-bond donors (Lipinski definition) is 0. The fourth-order valence-electron chi connectivity index (χ4n) is 2.34. The molecule has 0 saturated carbocycles. The van der Waals surface area contributed by atoms with E-state index in [2.05, 4.69) is 37.8 Å². The number of nitriles is 1. The Hall–Kier alpha value is -2.29. The molecule has 0 radical (unpaired) electrons. The maximum absolute atomic E-state index is 9.27. The van der Waals surface area contributed by atoms with Crippen molar-refractivity contribution >= 4 is 27.5 Å². The quantitative estimate of drug-likeness (QED) is 0.618. The monoisotopic (exact) mass is 398 g/mol. The maximum Gasteiger partial charge on any atom is 0.236 e. The van der Waals surface area contributed by atoms with Gasteiger partial charge in [0.2, 0.25) is 5.82 Å². The van der Waals surface area contributed by atoms with Crippen LogP contribution in [0.1, 0.15) is 18.3 Å². The van der Waals surface area contributed by atoms with Crippen LogP contribution in [0.3, 0.4) is 0 Å². The minimum Gasteiger partial charge on any atom is -0.208 e. The Labute approximate surface area is 153 Å². The molecule has 2 aromatic carbocycles. The van der Waals surface area contributed by atoms with Gasteiger partial charge in [0.25, 0.3) is 0 Å². The molecule has 0 amide bonds. The van der Waals surface area contributed by atoms with Crippen molar-refractivity contribution in [1.82, 2.24) is 15.0 Å². The average Bonchev–Trinajstić information content (AvgIpc) is 2.61. The molecular formula is C18H12BrClN4. The molecule has 0 aliphatic heterocycles. The highest BCUT2D eigenvalue weighted by Crippen LogP contribution is 2.27. The Balaban J connectivity index is 2.19. The molecule has 0 spiro atoms. The number of rotatable bonds is 3. The Morgan fingerprint density at radius 2 is 1.75 bits per heavy atom. The van der Waals surface area contributed by atoms with Crippen LogP contribution in [0.2, 0.25) is 5.02 Å². The highest BCUT2D eigenvalue weighted by atomic mass is 79.9. The van der Waals surface area contributed by atoms with Gasteiger partial charge in [-0.3, -0.25) is 0 Å². The molecule has 0 saturated heterocycles. The number of aromatic nitrogens is 3. The van der Waals surface area contributed by atoms with Gasteiger partial charge in [-0.05, 0) is 36.2 Å². The molecular weight excluding hydrogens is 388 g/mol. The molecule has 1 heterocycles. The Morgan fingerprint density at radius 3 is 2.42 bits per heavy atom. The van der Waals surface area contributed by atoms with Crippen LogP contribution in [-0.2, 0) is 6.42 Å². The van der Waals surface area contributed by atoms with E-state index in [0.717, 1.165) is 27.6 Å². The van der Waals surface area contributed by atoms with Crippen molar-refractivity contribution < 1.29 is 0 Å². The van der Waals surface area contributed by atoms with Crippen molar-refractivity contribution in [2.45, 2.75) is 13.3 Å². The third-order valence-corrected chi connectivity index (χ3v) is 4.30. The highest BCUT2D eigenvalue weighted by molar-refractivity contribution is 9.10. The van der Waals surface area contributed by atoms with E-state index in [1.165, 1.54) is 0 Å². The summed E-state index contributed by atoms with van der Waals surface area (Å²) >= 11 is 9.53. The largest absolute Gasteiger partial charge is 0.236 e. The molecule has 4 nitrogen and oxygen atoms in total. The van der Waals surface area contributed by atoms with Crippen molar-refractivity contribution in [2.24, 2.45) is 0 Å². The van der Waals surface area contributed by atoms with Gasteiger partial charge in [-0.15, -0.1) is 0 Å². The summed E-state index contributed by atoms with van der Waals surface area (Å²) in [6.45, 7) is 2.05. The molecule has 0 fully saturated rings. The van der Waals surface area contributed by atoms with E-state index in [1.807, 2.05) is 48.5 Å². The Morgan fingerprint density at radius 1 is 1.04 bits per heavy atom. The third-order valence-electron chi connectivity index (χ3n) is 3.53. The topological polar surface area (TPSA) is 62.5 Å². The second-order valence-electron chi connectivity index (χ2n) is 5.08. The molecule has 6 heteroatoms. The van der Waals surface area contributed by atoms with Gasteiger partial charge in [-0.25, -0.2) is 4.98 Å². The lowest BCUT2D eigenvalue weighted by molar-refractivity contribution is 1.02. The van der Waals surface area contributed by atoms with Crippen molar-refractivity contribution in [3.8, 4) is 28.8 Å². The van der Waals surface area contributed by atoms with E-state index in [0.29, 0.717) is 16.7 Å². The lowest BCUT2D eigenvalue weighted by Crippen LogP contribution is -2.02. The van der Waals surface area contributed by atoms with E-state index in [4.69, 9.17) is 11.6 Å². The van der Waals surface area contributed by atoms with Crippen LogP contribution in [-0.4, -0.2) is 15.0 Å². The summed E-state index contributed by atoms with van der Waals surface area (Å²) in [6, 6.07) is 15.2. The summed E-state index contributed by atoms with van der Waals surface area (Å²) in [5.74, 6) is 1.00. The lowest BCUT2D eigenvalue weighted by Gasteiger charge is -2.09. The van der Waals surface area contributed by atoms with Crippen LogP contribution in [0.4, 0.5) is 0 Å². The standard InChI is InChI=1S/C18H12BrClN4/c1-2-11-5-8-14(20)9-15(11)18-23-16(10-21)22-17(24-18)12-3-6-13(19)7-4-12/h3-9H,2H2,1H3. The number of nitrogens with zero attached hydrogens (tertiary/aromatic N) is 4. The second kappa shape index (κ2) is 7.08. The highest BCUT2D eigenvalue weighted by Gasteiger charge is 2.13. The number of benzene rings is 2. The maximum atomic E-state index is 9.27. The smallest absolute Gasteiger partial charge is 0.208 e. The van der Waals surface area contributed by atoms with E-state index in [1.54, 1.807) is 0 Å². The third kappa shape index (κ3) is 3.45. The Bertz CT molecular complexity index is 933. The first-order valence-electron chi connectivity index (χ1n) is 7.31. The zero-order valence-electron chi connectivity index (χ0n) is 12.8. The first-order valence-corrected chi connectivity index (χ1v) is 8.48. The number of hydrogen-bond acceptors (Lipinski definition) is 4. The predicted molar refractivity (Wildman–Crippen MR) is 97.5 cm³/mol. The van der Waals surface area contributed by atoms with Gasteiger partial charge in [0.15, 0.2) is 11.6 Å². The van der Waals surface area contributed by atoms with Crippen LogP contribution >= 0.6 is 27.5 Å². The van der Waals surface area contributed by atoms with Gasteiger partial charge >= 0.3 is 0 Å². The fourth-order valence-corrected chi connectivity index (χ4v) is 2.78. The van der Waals surface area contributed by atoms with E-state index in [-0.39, 0.29) is 5.82 Å². The van der Waals surface area contributed by atoms with E-state index in [9.17, 15) is 5.26 Å². The summed E-state index contributed by atoms with van der Waals surface area (Å²) < 4.78 is 0.962. The molecule has 0 unspecified atom stereocenters. The van der Waals surface area contributed by atoms with Crippen molar-refractivity contribution in [3.05, 3.63) is 63.3 Å². The molecule has 0 aliphatic carbocycles. The van der Waals surface area contributed by atoms with Gasteiger partial charge in [0, 0.05) is 20.6 Å². The first-order chi connectivity index (χ1) is 11.6. The predicted octanol–water partition coefficient (Wildman–Crippen LogP) is 5.06. The molecule has 0 N–H and O–H groups in total. The van der Waals surface area contributed by atoms with Crippen molar-refractivity contribution in [1.29, 1.82) is 5.26 Å². The van der Waals surface area contributed by atoms with Crippen LogP contribution in [0.15, 0.2) is 46.9 Å². The summed E-state index contributed by atoms with van der Waals surface area (Å²) in [5, 5.41) is 9.87. The normalized spacial score (nSPS) is 10.4. The summed E-state index contributed by atoms with van der Waals surface area (Å²) in [4.78, 5) is 13.0. The molecule has 118 valence electrons. The van der Waals surface area contributed by atoms with Crippen molar-refractivity contribution in [2.75, 3.05) is 0 Å². The first kappa shape index (κ1) is 16.6. The van der Waals surface area contributed by atoms with E-state index >= 15 is 0 Å².